The number of hydrogen-bond donors (Lipinski definition) is 2. The van der Waals surface area contributed by atoms with Gasteiger partial charge in [-0.25, -0.2) is 61.2 Å². The Balaban J connectivity index is 0.000000195. The van der Waals surface area contributed by atoms with Crippen LogP contribution in [0.5, 0.6) is 0 Å². The largest absolute Gasteiger partial charge is 0.382 e. The summed E-state index contributed by atoms with van der Waals surface area (Å²) in [6.45, 7) is 2.81. The monoisotopic (exact) mass is 714 g/mol. The second-order valence-corrected chi connectivity index (χ2v) is 11.6. The molecular formula is C32H28ClF5N10O2. The van der Waals surface area contributed by atoms with Crippen molar-refractivity contribution in [2.45, 2.75) is 50.0 Å². The van der Waals surface area contributed by atoms with Gasteiger partial charge in [0.25, 0.3) is 0 Å². The average molecular weight is 715 g/mol. The van der Waals surface area contributed by atoms with Gasteiger partial charge in [-0.3, -0.25) is 0 Å². The minimum atomic E-state index is -2.02. The van der Waals surface area contributed by atoms with E-state index in [1.807, 2.05) is 0 Å². The van der Waals surface area contributed by atoms with E-state index < -0.39 is 57.3 Å². The van der Waals surface area contributed by atoms with Crippen LogP contribution in [0.1, 0.15) is 48.2 Å². The van der Waals surface area contributed by atoms with Gasteiger partial charge in [-0.1, -0.05) is 37.6 Å². The second kappa shape index (κ2) is 15.1. The summed E-state index contributed by atoms with van der Waals surface area (Å²) in [6, 6.07) is 7.46. The highest BCUT2D eigenvalue weighted by molar-refractivity contribution is 6.29. The van der Waals surface area contributed by atoms with Gasteiger partial charge in [0.2, 0.25) is 0 Å². The summed E-state index contributed by atoms with van der Waals surface area (Å²) in [7, 11) is 0. The summed E-state index contributed by atoms with van der Waals surface area (Å²) >= 11 is 5.69. The van der Waals surface area contributed by atoms with Crippen LogP contribution in [0.2, 0.25) is 5.15 Å². The van der Waals surface area contributed by atoms with Gasteiger partial charge in [-0.2, -0.15) is 10.2 Å². The molecule has 4 atom stereocenters. The van der Waals surface area contributed by atoms with E-state index in [1.165, 1.54) is 60.2 Å². The molecule has 0 fully saturated rings. The molecule has 4 aromatic heterocycles. The molecule has 260 valence electrons. The molecule has 2 N–H and O–H groups in total. The number of benzene rings is 2. The zero-order valence-corrected chi connectivity index (χ0v) is 27.0. The van der Waals surface area contributed by atoms with Crippen LogP contribution in [0.3, 0.4) is 0 Å². The van der Waals surface area contributed by atoms with Crippen LogP contribution in [0.4, 0.5) is 22.0 Å². The molecule has 6 rings (SSSR count). The summed E-state index contributed by atoms with van der Waals surface area (Å²) in [4.78, 5) is 22.9. The zero-order chi connectivity index (χ0) is 36.1. The lowest BCUT2D eigenvalue weighted by atomic mass is 9.79. The molecule has 2 aromatic carbocycles. The molecule has 6 aromatic rings. The molecule has 0 amide bonds. The molecule has 50 heavy (non-hydrogen) atoms. The first-order chi connectivity index (χ1) is 23.8. The Morgan fingerprint density at radius 1 is 0.680 bits per heavy atom. The molecule has 18 heteroatoms. The molecule has 0 aliphatic carbocycles. The van der Waals surface area contributed by atoms with Gasteiger partial charge in [0, 0.05) is 47.0 Å². The average Bonchev–Trinajstić information content (AvgIpc) is 3.80. The third-order valence-electron chi connectivity index (χ3n) is 8.20. The number of rotatable bonds is 10. The van der Waals surface area contributed by atoms with E-state index in [0.717, 1.165) is 30.6 Å². The molecule has 4 unspecified atom stereocenters. The van der Waals surface area contributed by atoms with Crippen LogP contribution in [-0.2, 0) is 24.3 Å². The Hall–Kier alpha value is -5.26. The third-order valence-corrected chi connectivity index (χ3v) is 8.46. The fraction of sp³-hybridized carbons (Fsp3) is 0.250. The van der Waals surface area contributed by atoms with E-state index in [4.69, 9.17) is 11.6 Å². The van der Waals surface area contributed by atoms with Crippen molar-refractivity contribution in [1.82, 2.24) is 49.5 Å². The van der Waals surface area contributed by atoms with Crippen molar-refractivity contribution in [3.8, 4) is 0 Å². The predicted molar refractivity (Wildman–Crippen MR) is 166 cm³/mol. The second-order valence-electron chi connectivity index (χ2n) is 11.2. The van der Waals surface area contributed by atoms with Crippen molar-refractivity contribution in [3.05, 3.63) is 143 Å². The van der Waals surface area contributed by atoms with E-state index >= 15 is 0 Å². The van der Waals surface area contributed by atoms with E-state index in [9.17, 15) is 32.2 Å². The van der Waals surface area contributed by atoms with Crippen molar-refractivity contribution in [2.75, 3.05) is 0 Å². The molecule has 0 bridgehead atoms. The van der Waals surface area contributed by atoms with Gasteiger partial charge in [0.05, 0.1) is 18.8 Å². The number of aliphatic hydroxyl groups is 2. The Labute approximate surface area is 286 Å². The highest BCUT2D eigenvalue weighted by atomic mass is 35.5. The van der Waals surface area contributed by atoms with Crippen LogP contribution in [0.15, 0.2) is 86.6 Å². The Kier molecular flexibility index (Phi) is 10.9. The highest BCUT2D eigenvalue weighted by Gasteiger charge is 2.43. The first-order valence-corrected chi connectivity index (χ1v) is 15.1. The number of nitrogens with zero attached hydrogens (tertiary/aromatic N) is 10. The Morgan fingerprint density at radius 2 is 1.22 bits per heavy atom. The fourth-order valence-electron chi connectivity index (χ4n) is 5.41. The Bertz CT molecular complexity index is 2030. The number of aromatic nitrogens is 10. The van der Waals surface area contributed by atoms with Gasteiger partial charge in [-0.15, -0.1) is 0 Å². The maximum atomic E-state index is 14.4. The Morgan fingerprint density at radius 3 is 1.68 bits per heavy atom. The first kappa shape index (κ1) is 36.0. The van der Waals surface area contributed by atoms with Crippen molar-refractivity contribution in [3.63, 3.8) is 0 Å². The molecule has 4 heterocycles. The molecule has 0 spiro atoms. The smallest absolute Gasteiger partial charge is 0.182 e. The van der Waals surface area contributed by atoms with Crippen molar-refractivity contribution in [1.29, 1.82) is 0 Å². The minimum Gasteiger partial charge on any atom is -0.382 e. The quantitative estimate of drug-likeness (QED) is 0.149. The molecular weight excluding hydrogens is 687 g/mol. The highest BCUT2D eigenvalue weighted by Crippen LogP contribution is 2.41. The van der Waals surface area contributed by atoms with Gasteiger partial charge < -0.3 is 10.2 Å². The van der Waals surface area contributed by atoms with Crippen LogP contribution < -0.4 is 0 Å². The molecule has 0 aliphatic heterocycles. The normalized spacial score (nSPS) is 14.9. The van der Waals surface area contributed by atoms with Crippen LogP contribution in [0, 0.1) is 29.1 Å². The van der Waals surface area contributed by atoms with E-state index in [1.54, 1.807) is 13.0 Å². The van der Waals surface area contributed by atoms with Crippen LogP contribution in [-0.4, -0.2) is 59.7 Å². The standard InChI is InChI=1S/C16H13ClF3N5O.C16H15F2N5O/c1-9(14-13(20)15(17)23-7-22-14)16(26,5-25-8-21-6-24-25)11-3-2-10(18)4-12(11)19;1-11(15-4-5-19-8-21-15)16(24,7-23-10-20-9-22-23)13-3-2-12(17)6-14(13)18/h2-4,6-9,26H,5H2,1H3;2-6,8-11,24H,7H2,1H3. The summed E-state index contributed by atoms with van der Waals surface area (Å²) in [5, 5.41) is 30.1. The maximum Gasteiger partial charge on any atom is 0.182 e. The van der Waals surface area contributed by atoms with Crippen LogP contribution in [0.25, 0.3) is 0 Å². The predicted octanol–water partition coefficient (Wildman–Crippen LogP) is 4.87. The fourth-order valence-corrected chi connectivity index (χ4v) is 5.55. The number of halogens is 6. The van der Waals surface area contributed by atoms with E-state index in [2.05, 4.69) is 40.1 Å². The number of hydrogen-bond acceptors (Lipinski definition) is 10. The third kappa shape index (κ3) is 7.64. The van der Waals surface area contributed by atoms with Crippen molar-refractivity contribution < 1.29 is 32.2 Å². The summed E-state index contributed by atoms with van der Waals surface area (Å²) in [5.74, 6) is -5.95. The molecule has 0 saturated heterocycles. The SMILES string of the molecule is CC(c1ccncn1)C(O)(Cn1cncn1)c1ccc(F)cc1F.CC(c1ncnc(Cl)c1F)C(O)(Cn1cncn1)c1ccc(F)cc1F. The van der Waals surface area contributed by atoms with Crippen molar-refractivity contribution >= 4 is 11.6 Å². The molecule has 0 radical (unpaired) electrons. The van der Waals surface area contributed by atoms with Gasteiger partial charge >= 0.3 is 0 Å². The summed E-state index contributed by atoms with van der Waals surface area (Å²) in [5.41, 5.74) is -3.70. The summed E-state index contributed by atoms with van der Waals surface area (Å²) in [6.07, 6.45) is 9.19. The first-order valence-electron chi connectivity index (χ1n) is 14.8. The maximum absolute atomic E-state index is 14.4. The lowest BCUT2D eigenvalue weighted by Gasteiger charge is -2.34. The van der Waals surface area contributed by atoms with Crippen LogP contribution >= 0.6 is 11.6 Å². The van der Waals surface area contributed by atoms with E-state index in [-0.39, 0.29) is 29.9 Å². The molecule has 0 aliphatic rings. The van der Waals surface area contributed by atoms with Gasteiger partial charge in [-0.05, 0) is 18.2 Å². The van der Waals surface area contributed by atoms with Crippen molar-refractivity contribution in [2.24, 2.45) is 0 Å². The molecule has 12 nitrogen and oxygen atoms in total. The van der Waals surface area contributed by atoms with Gasteiger partial charge in [0.1, 0.15) is 72.4 Å². The molecule has 0 saturated carbocycles. The van der Waals surface area contributed by atoms with Gasteiger partial charge in [0.15, 0.2) is 11.0 Å². The summed E-state index contributed by atoms with van der Waals surface area (Å²) < 4.78 is 72.4. The minimum absolute atomic E-state index is 0.0366. The lowest BCUT2D eigenvalue weighted by molar-refractivity contribution is -0.0134. The van der Waals surface area contributed by atoms with E-state index in [0.29, 0.717) is 11.8 Å². The zero-order valence-electron chi connectivity index (χ0n) is 26.3. The topological polar surface area (TPSA) is 153 Å². The lowest BCUT2D eigenvalue weighted by Crippen LogP contribution is -2.39.